The number of ether oxygens (including phenoxy) is 1. The number of amides is 1. The number of carbonyl (C=O) groups is 2. The van der Waals surface area contributed by atoms with Gasteiger partial charge in [-0.15, -0.1) is 0 Å². The Kier molecular flexibility index (Phi) is 7.93. The number of carbonyl (C=O) groups excluding carboxylic acids is 1. The Morgan fingerprint density at radius 1 is 1.02 bits per heavy atom. The Bertz CT molecular complexity index is 2370. The summed E-state index contributed by atoms with van der Waals surface area (Å²) < 4.78 is 33.8. The number of nitrogens with one attached hydrogen (secondary N) is 1. The van der Waals surface area contributed by atoms with Gasteiger partial charge in [-0.3, -0.25) is 14.8 Å². The van der Waals surface area contributed by atoms with E-state index in [4.69, 9.17) is 14.8 Å². The van der Waals surface area contributed by atoms with Gasteiger partial charge in [0.05, 0.1) is 21.2 Å². The van der Waals surface area contributed by atoms with Crippen molar-refractivity contribution in [2.75, 3.05) is 23.0 Å². The molecule has 1 aliphatic heterocycles. The predicted molar refractivity (Wildman–Crippen MR) is 202 cm³/mol. The van der Waals surface area contributed by atoms with Gasteiger partial charge >= 0.3 is 6.16 Å². The van der Waals surface area contributed by atoms with Crippen molar-refractivity contribution in [2.45, 2.75) is 69.7 Å². The summed E-state index contributed by atoms with van der Waals surface area (Å²) in [6, 6.07) is 17.1. The van der Waals surface area contributed by atoms with Gasteiger partial charge in [-0.05, 0) is 111 Å². The topological polar surface area (TPSA) is 157 Å². The first-order chi connectivity index (χ1) is 25.4. The third-order valence-corrected chi connectivity index (χ3v) is 15.2. The molecule has 5 aliphatic rings. The molecule has 2 atom stereocenters. The number of rotatable bonds is 8. The molecule has 12 nitrogen and oxygen atoms in total. The summed E-state index contributed by atoms with van der Waals surface area (Å²) in [5.41, 5.74) is 5.25. The van der Waals surface area contributed by atoms with Crippen LogP contribution in [0.15, 0.2) is 60.8 Å². The molecule has 5 aromatic rings. The van der Waals surface area contributed by atoms with Crippen molar-refractivity contribution in [3.63, 3.8) is 0 Å². The summed E-state index contributed by atoms with van der Waals surface area (Å²) in [6.07, 6.45) is 7.64. The van der Waals surface area contributed by atoms with Crippen molar-refractivity contribution < 1.29 is 27.9 Å². The Hall–Kier alpha value is -4.82. The molecule has 4 fully saturated rings. The molecule has 0 saturated heterocycles. The van der Waals surface area contributed by atoms with E-state index in [1.807, 2.05) is 71.1 Å². The third-order valence-electron chi connectivity index (χ3n) is 12.2. The number of hydrogen-bond donors (Lipinski definition) is 2. The fourth-order valence-corrected chi connectivity index (χ4v) is 12.7. The van der Waals surface area contributed by atoms with Crippen molar-refractivity contribution in [2.24, 2.45) is 17.3 Å². The lowest BCUT2D eigenvalue weighted by molar-refractivity contribution is -0.0521. The molecule has 4 aliphatic carbocycles. The van der Waals surface area contributed by atoms with Crippen molar-refractivity contribution in [3.8, 4) is 17.0 Å². The van der Waals surface area contributed by atoms with Crippen LogP contribution in [-0.4, -0.2) is 62.9 Å². The highest BCUT2D eigenvalue weighted by atomic mass is 32.2. The van der Waals surface area contributed by atoms with Gasteiger partial charge in [0, 0.05) is 48.3 Å². The number of nitrogens with zero attached hydrogens (tertiary/aromatic N) is 5. The van der Waals surface area contributed by atoms with Crippen molar-refractivity contribution >= 4 is 54.4 Å². The van der Waals surface area contributed by atoms with Crippen LogP contribution in [0.1, 0.15) is 65.7 Å². The minimum atomic E-state index is -3.21. The Balaban J connectivity index is 0.980. The molecule has 53 heavy (non-hydrogen) atoms. The van der Waals surface area contributed by atoms with E-state index in [0.717, 1.165) is 59.1 Å². The van der Waals surface area contributed by atoms with Gasteiger partial charge in [0.2, 0.25) is 5.88 Å². The second kappa shape index (κ2) is 12.4. The van der Waals surface area contributed by atoms with Gasteiger partial charge in [-0.2, -0.15) is 10.1 Å². The molecular weight excluding hydrogens is 713 g/mol. The van der Waals surface area contributed by atoms with E-state index >= 15 is 0 Å². The van der Waals surface area contributed by atoms with E-state index in [1.54, 1.807) is 6.20 Å². The average molecular weight is 753 g/mol. The second-order valence-corrected chi connectivity index (χ2v) is 19.1. The van der Waals surface area contributed by atoms with Crippen LogP contribution >= 0.6 is 11.3 Å². The van der Waals surface area contributed by atoms with Gasteiger partial charge in [0.25, 0.3) is 5.91 Å². The minimum Gasteiger partial charge on any atom is -0.449 e. The zero-order valence-corrected chi connectivity index (χ0v) is 31.2. The minimum absolute atomic E-state index is 0.0452. The van der Waals surface area contributed by atoms with Crippen LogP contribution in [0.5, 0.6) is 5.88 Å². The highest BCUT2D eigenvalue weighted by Crippen LogP contribution is 2.64. The number of para-hydroxylation sites is 1. The Morgan fingerprint density at radius 3 is 2.57 bits per heavy atom. The maximum absolute atomic E-state index is 13.6. The molecular formula is C39H40N6O6S2. The number of anilines is 2. The highest BCUT2D eigenvalue weighted by Gasteiger charge is 2.61. The van der Waals surface area contributed by atoms with Crippen molar-refractivity contribution in [1.82, 2.24) is 19.7 Å². The van der Waals surface area contributed by atoms with E-state index in [9.17, 15) is 23.1 Å². The van der Waals surface area contributed by atoms with E-state index in [1.165, 1.54) is 17.6 Å². The van der Waals surface area contributed by atoms with Gasteiger partial charge in [-0.1, -0.05) is 35.6 Å². The highest BCUT2D eigenvalue weighted by molar-refractivity contribution is 7.92. The Morgan fingerprint density at radius 2 is 1.81 bits per heavy atom. The molecule has 4 saturated carbocycles. The first-order valence-corrected chi connectivity index (χ1v) is 20.8. The number of thiazole rings is 1. The summed E-state index contributed by atoms with van der Waals surface area (Å²) in [7, 11) is -3.21. The number of carboxylic acid groups (broad SMARTS) is 1. The zero-order valence-electron chi connectivity index (χ0n) is 29.5. The largest absolute Gasteiger partial charge is 0.512 e. The quantitative estimate of drug-likeness (QED) is 0.157. The molecule has 274 valence electrons. The molecule has 2 N–H and O–H groups in total. The molecule has 2 aromatic carbocycles. The van der Waals surface area contributed by atoms with E-state index < -0.39 is 20.7 Å². The SMILES string of the molecule is Cc1c(-c2ccc(N3CCc4cccc(C(=O)Nc5nc6ccccc6s5)c4C3)nc2OC(=O)O)cnn1CC12CC3CC(C1)CC(S(C)(=O)=O)(C3)C2. The standard InChI is InChI=1S/C39H40N6O6S2/c1-23-29(19-40-45(23)22-38-15-24-14-25(16-38)18-39(17-24,21-38)53(2,49)50)28-10-11-33(42-35(28)51-37(47)48)44-13-12-26-6-5-7-27(30(26)20-44)34(46)43-36-41-31-8-3-4-9-32(31)52-36/h3-11,19,24-25H,12-18,20-22H2,1-2H3,(H,47,48)(H,41,43,46). The summed E-state index contributed by atoms with van der Waals surface area (Å²) in [6.45, 7) is 3.58. The van der Waals surface area contributed by atoms with E-state index in [2.05, 4.69) is 10.3 Å². The summed E-state index contributed by atoms with van der Waals surface area (Å²) in [5, 5.41) is 18.0. The monoisotopic (exact) mass is 752 g/mol. The van der Waals surface area contributed by atoms with Gasteiger partial charge in [0.1, 0.15) is 5.82 Å². The molecule has 4 heterocycles. The lowest BCUT2D eigenvalue weighted by atomic mass is 9.49. The molecule has 0 radical (unpaired) electrons. The van der Waals surface area contributed by atoms with E-state index in [-0.39, 0.29) is 17.2 Å². The second-order valence-electron chi connectivity index (χ2n) is 15.7. The molecule has 2 unspecified atom stereocenters. The summed E-state index contributed by atoms with van der Waals surface area (Å²) >= 11 is 1.42. The fraction of sp³-hybridized carbons (Fsp3) is 0.410. The fourth-order valence-electron chi connectivity index (χ4n) is 10.2. The van der Waals surface area contributed by atoms with Crippen LogP contribution in [0.2, 0.25) is 0 Å². The molecule has 4 bridgehead atoms. The number of aromatic nitrogens is 4. The Labute approximate surface area is 311 Å². The predicted octanol–water partition coefficient (Wildman–Crippen LogP) is 7.12. The normalized spacial score (nSPS) is 24.7. The van der Waals surface area contributed by atoms with Gasteiger partial charge in [-0.25, -0.2) is 18.2 Å². The summed E-state index contributed by atoms with van der Waals surface area (Å²) in [5.74, 6) is 1.07. The molecule has 10 rings (SSSR count). The first-order valence-electron chi connectivity index (χ1n) is 18.0. The van der Waals surface area contributed by atoms with Crippen LogP contribution in [0.4, 0.5) is 15.7 Å². The van der Waals surface area contributed by atoms with E-state index in [0.29, 0.717) is 72.0 Å². The number of sulfone groups is 1. The number of pyridine rings is 1. The maximum atomic E-state index is 13.6. The van der Waals surface area contributed by atoms with Crippen molar-refractivity contribution in [1.29, 1.82) is 0 Å². The lowest BCUT2D eigenvalue weighted by Gasteiger charge is -2.61. The van der Waals surface area contributed by atoms with Crippen LogP contribution in [0.3, 0.4) is 0 Å². The first kappa shape index (κ1) is 34.0. The molecule has 3 aromatic heterocycles. The number of hydrogen-bond acceptors (Lipinski definition) is 10. The van der Waals surface area contributed by atoms with Crippen LogP contribution in [0, 0.1) is 24.2 Å². The van der Waals surface area contributed by atoms with Gasteiger partial charge in [0.15, 0.2) is 15.0 Å². The van der Waals surface area contributed by atoms with Crippen LogP contribution in [0.25, 0.3) is 21.3 Å². The van der Waals surface area contributed by atoms with Gasteiger partial charge < -0.3 is 14.7 Å². The lowest BCUT2D eigenvalue weighted by Crippen LogP contribution is -2.59. The molecule has 14 heteroatoms. The van der Waals surface area contributed by atoms with Crippen LogP contribution < -0.4 is 15.0 Å². The average Bonchev–Trinajstić information content (AvgIpc) is 3.68. The zero-order chi connectivity index (χ0) is 36.7. The number of fused-ring (bicyclic) bond motifs is 2. The molecule has 0 spiro atoms. The third kappa shape index (κ3) is 5.95. The maximum Gasteiger partial charge on any atom is 0.512 e. The van der Waals surface area contributed by atoms with Crippen LogP contribution in [-0.2, 0) is 29.3 Å². The van der Waals surface area contributed by atoms with Crippen molar-refractivity contribution in [3.05, 3.63) is 83.2 Å². The summed E-state index contributed by atoms with van der Waals surface area (Å²) in [4.78, 5) is 36.8. The smallest absolute Gasteiger partial charge is 0.449 e. The molecule has 1 amide bonds. The number of benzene rings is 2.